The fourth-order valence-corrected chi connectivity index (χ4v) is 3.03. The molecule has 1 aromatic heterocycles. The van der Waals surface area contributed by atoms with Gasteiger partial charge in [-0.05, 0) is 20.3 Å². The molecular formula is C15H28N2OS. The Hall–Kier alpha value is -0.450. The van der Waals surface area contributed by atoms with Crippen LogP contribution in [0.2, 0.25) is 0 Å². The summed E-state index contributed by atoms with van der Waals surface area (Å²) in [7, 11) is 0. The normalized spacial score (nSPS) is 17.2. The average Bonchev–Trinajstić information content (AvgIpc) is 2.77. The van der Waals surface area contributed by atoms with Crippen LogP contribution >= 0.6 is 11.3 Å². The number of thiazole rings is 1. The van der Waals surface area contributed by atoms with Gasteiger partial charge in [0.2, 0.25) is 0 Å². The van der Waals surface area contributed by atoms with Crippen molar-refractivity contribution in [2.75, 3.05) is 6.61 Å². The molecule has 0 bridgehead atoms. The first-order valence-electron chi connectivity index (χ1n) is 7.07. The Balaban J connectivity index is 2.76. The largest absolute Gasteiger partial charge is 0.374 e. The fraction of sp³-hybridized carbons (Fsp3) is 0.800. The molecule has 1 aromatic rings. The third-order valence-corrected chi connectivity index (χ3v) is 4.55. The molecule has 0 aliphatic rings. The van der Waals surface area contributed by atoms with Crippen LogP contribution < -0.4 is 5.73 Å². The number of aromatic nitrogens is 1. The summed E-state index contributed by atoms with van der Waals surface area (Å²) in [5.41, 5.74) is 7.33. The van der Waals surface area contributed by atoms with Crippen LogP contribution in [0, 0.1) is 0 Å². The van der Waals surface area contributed by atoms with Gasteiger partial charge in [-0.2, -0.15) is 0 Å². The van der Waals surface area contributed by atoms with Crippen LogP contribution in [0.25, 0.3) is 0 Å². The van der Waals surface area contributed by atoms with Crippen molar-refractivity contribution in [2.24, 2.45) is 5.73 Å². The van der Waals surface area contributed by atoms with E-state index in [1.807, 2.05) is 6.92 Å². The van der Waals surface area contributed by atoms with Gasteiger partial charge in [-0.25, -0.2) is 4.98 Å². The average molecular weight is 284 g/mol. The molecule has 1 heterocycles. The first-order chi connectivity index (χ1) is 8.73. The van der Waals surface area contributed by atoms with E-state index in [1.165, 1.54) is 0 Å². The van der Waals surface area contributed by atoms with Crippen LogP contribution in [0.3, 0.4) is 0 Å². The predicted molar refractivity (Wildman–Crippen MR) is 82.8 cm³/mol. The maximum Gasteiger partial charge on any atom is 0.0945 e. The third kappa shape index (κ3) is 4.26. The molecule has 3 nitrogen and oxygen atoms in total. The lowest BCUT2D eigenvalue weighted by atomic mass is 9.91. The summed E-state index contributed by atoms with van der Waals surface area (Å²) in [6.45, 7) is 13.5. The molecule has 0 aromatic carbocycles. The molecule has 0 spiro atoms. The minimum Gasteiger partial charge on any atom is -0.374 e. The second kappa shape index (κ2) is 6.33. The van der Waals surface area contributed by atoms with E-state index in [-0.39, 0.29) is 17.1 Å². The van der Waals surface area contributed by atoms with E-state index in [0.29, 0.717) is 6.61 Å². The third-order valence-electron chi connectivity index (χ3n) is 3.68. The maximum absolute atomic E-state index is 6.34. The van der Waals surface area contributed by atoms with E-state index in [4.69, 9.17) is 15.5 Å². The van der Waals surface area contributed by atoms with Gasteiger partial charge in [0.15, 0.2) is 0 Å². The van der Waals surface area contributed by atoms with Gasteiger partial charge in [0.05, 0.1) is 16.3 Å². The van der Waals surface area contributed by atoms with Gasteiger partial charge in [-0.1, -0.05) is 27.7 Å². The topological polar surface area (TPSA) is 48.1 Å². The minimum absolute atomic E-state index is 0.0172. The summed E-state index contributed by atoms with van der Waals surface area (Å²) >= 11 is 1.70. The zero-order chi connectivity index (χ0) is 14.7. The van der Waals surface area contributed by atoms with Crippen LogP contribution in [0.1, 0.15) is 58.7 Å². The Morgan fingerprint density at radius 3 is 2.37 bits per heavy atom. The summed E-state index contributed by atoms with van der Waals surface area (Å²) in [5, 5.41) is 3.25. The first kappa shape index (κ1) is 16.6. The molecular weight excluding hydrogens is 256 g/mol. The Morgan fingerprint density at radius 2 is 1.95 bits per heavy atom. The van der Waals surface area contributed by atoms with Crippen LogP contribution in [0.4, 0.5) is 0 Å². The number of rotatable bonds is 6. The molecule has 2 N–H and O–H groups in total. The van der Waals surface area contributed by atoms with E-state index in [1.54, 1.807) is 11.3 Å². The van der Waals surface area contributed by atoms with E-state index >= 15 is 0 Å². The number of nitrogens with two attached hydrogens (primary N) is 1. The lowest BCUT2D eigenvalue weighted by Gasteiger charge is -2.34. The number of hydrogen-bond acceptors (Lipinski definition) is 4. The van der Waals surface area contributed by atoms with Gasteiger partial charge in [0.1, 0.15) is 0 Å². The minimum atomic E-state index is -0.262. The Bertz CT molecular complexity index is 397. The summed E-state index contributed by atoms with van der Waals surface area (Å²) in [5.74, 6) is 0. The monoisotopic (exact) mass is 284 g/mol. The predicted octanol–water partition coefficient (Wildman–Crippen LogP) is 3.52. The SMILES string of the molecule is CCOC(C)(CC)C(N)Cc1nc(C(C)(C)C)cs1. The highest BCUT2D eigenvalue weighted by molar-refractivity contribution is 7.09. The van der Waals surface area contributed by atoms with Crippen molar-refractivity contribution in [3.8, 4) is 0 Å². The number of hydrogen-bond donors (Lipinski definition) is 1. The molecule has 2 unspecified atom stereocenters. The second-order valence-corrected chi connectivity index (χ2v) is 7.23. The molecule has 0 saturated heterocycles. The Kier molecular flexibility index (Phi) is 5.53. The number of ether oxygens (including phenoxy) is 1. The van der Waals surface area contributed by atoms with Gasteiger partial charge < -0.3 is 10.5 Å². The molecule has 0 amide bonds. The molecule has 0 aliphatic heterocycles. The van der Waals surface area contributed by atoms with Crippen LogP contribution in [0.15, 0.2) is 5.38 Å². The van der Waals surface area contributed by atoms with Crippen LogP contribution in [-0.2, 0) is 16.6 Å². The number of nitrogens with zero attached hydrogens (tertiary/aromatic N) is 1. The summed E-state index contributed by atoms with van der Waals surface area (Å²) in [6.07, 6.45) is 1.70. The quantitative estimate of drug-likeness (QED) is 0.869. The molecule has 4 heteroatoms. The highest BCUT2D eigenvalue weighted by Gasteiger charge is 2.31. The smallest absolute Gasteiger partial charge is 0.0945 e. The summed E-state index contributed by atoms with van der Waals surface area (Å²) in [6, 6.07) is -0.0172. The first-order valence-corrected chi connectivity index (χ1v) is 7.95. The molecule has 0 saturated carbocycles. The van der Waals surface area contributed by atoms with Gasteiger partial charge in [0, 0.05) is 29.9 Å². The van der Waals surface area contributed by atoms with Gasteiger partial charge in [0.25, 0.3) is 0 Å². The van der Waals surface area contributed by atoms with E-state index in [2.05, 4.69) is 40.0 Å². The van der Waals surface area contributed by atoms with E-state index < -0.39 is 0 Å². The molecule has 0 fully saturated rings. The zero-order valence-corrected chi connectivity index (χ0v) is 13.9. The van der Waals surface area contributed by atoms with Gasteiger partial charge in [-0.3, -0.25) is 0 Å². The standard InChI is InChI=1S/C15H28N2OS/c1-7-15(6,18-8-2)11(16)9-13-17-12(10-19-13)14(3,4)5/h10-11H,7-9,16H2,1-6H3. The highest BCUT2D eigenvalue weighted by Crippen LogP contribution is 2.27. The lowest BCUT2D eigenvalue weighted by molar-refractivity contribution is -0.0461. The Morgan fingerprint density at radius 1 is 1.32 bits per heavy atom. The summed E-state index contributed by atoms with van der Waals surface area (Å²) in [4.78, 5) is 4.71. The van der Waals surface area contributed by atoms with Crippen molar-refractivity contribution in [1.82, 2.24) is 4.98 Å². The van der Waals surface area contributed by atoms with E-state index in [0.717, 1.165) is 23.5 Å². The van der Waals surface area contributed by atoms with Crippen molar-refractivity contribution < 1.29 is 4.74 Å². The summed E-state index contributed by atoms with van der Waals surface area (Å²) < 4.78 is 5.84. The van der Waals surface area contributed by atoms with Crippen molar-refractivity contribution in [3.63, 3.8) is 0 Å². The van der Waals surface area contributed by atoms with Gasteiger partial charge in [-0.15, -0.1) is 11.3 Å². The van der Waals surface area contributed by atoms with Crippen molar-refractivity contribution in [3.05, 3.63) is 16.1 Å². The second-order valence-electron chi connectivity index (χ2n) is 6.29. The van der Waals surface area contributed by atoms with Crippen LogP contribution in [-0.4, -0.2) is 23.2 Å². The van der Waals surface area contributed by atoms with E-state index in [9.17, 15) is 0 Å². The lowest BCUT2D eigenvalue weighted by Crippen LogP contribution is -2.48. The maximum atomic E-state index is 6.34. The van der Waals surface area contributed by atoms with Crippen molar-refractivity contribution in [1.29, 1.82) is 0 Å². The van der Waals surface area contributed by atoms with Gasteiger partial charge >= 0.3 is 0 Å². The molecule has 19 heavy (non-hydrogen) atoms. The molecule has 2 atom stereocenters. The zero-order valence-electron chi connectivity index (χ0n) is 13.1. The van der Waals surface area contributed by atoms with Crippen molar-refractivity contribution in [2.45, 2.75) is 71.4 Å². The Labute approximate surface area is 121 Å². The molecule has 110 valence electrons. The molecule has 1 rings (SSSR count). The highest BCUT2D eigenvalue weighted by atomic mass is 32.1. The fourth-order valence-electron chi connectivity index (χ4n) is 1.95. The molecule has 0 radical (unpaired) electrons. The van der Waals surface area contributed by atoms with Crippen molar-refractivity contribution >= 4 is 11.3 Å². The van der Waals surface area contributed by atoms with Crippen LogP contribution in [0.5, 0.6) is 0 Å². The molecule has 0 aliphatic carbocycles.